The molecule has 19 heavy (non-hydrogen) atoms. The van der Waals surface area contributed by atoms with Crippen LogP contribution in [0.2, 0.25) is 0 Å². The van der Waals surface area contributed by atoms with Crippen LogP contribution in [0.1, 0.15) is 37.5 Å². The average molecular weight is 283 g/mol. The van der Waals surface area contributed by atoms with Crippen LogP contribution < -0.4 is 10.2 Å². The second-order valence-corrected chi connectivity index (χ2v) is 6.25. The molecular formula is C14H25N3OS. The quantitative estimate of drug-likeness (QED) is 0.781. The molecule has 0 bridgehead atoms. The monoisotopic (exact) mass is 283 g/mol. The van der Waals surface area contributed by atoms with Gasteiger partial charge in [0, 0.05) is 37.8 Å². The van der Waals surface area contributed by atoms with Gasteiger partial charge in [-0.15, -0.1) is 11.3 Å². The molecule has 1 aliphatic heterocycles. The first kappa shape index (κ1) is 14.8. The molecule has 0 aliphatic carbocycles. The first-order chi connectivity index (χ1) is 9.29. The third kappa shape index (κ3) is 4.75. The van der Waals surface area contributed by atoms with Crippen molar-refractivity contribution >= 4 is 16.5 Å². The molecule has 1 aromatic rings. The Morgan fingerprint density at radius 3 is 3.16 bits per heavy atom. The smallest absolute Gasteiger partial charge is 0.185 e. The molecule has 2 heterocycles. The van der Waals surface area contributed by atoms with Crippen molar-refractivity contribution in [1.29, 1.82) is 0 Å². The lowest BCUT2D eigenvalue weighted by Crippen LogP contribution is -2.33. The van der Waals surface area contributed by atoms with Gasteiger partial charge in [0.05, 0.1) is 6.10 Å². The molecule has 1 aliphatic rings. The molecule has 1 saturated heterocycles. The molecule has 0 radical (unpaired) electrons. The van der Waals surface area contributed by atoms with E-state index in [0.29, 0.717) is 6.10 Å². The van der Waals surface area contributed by atoms with Crippen molar-refractivity contribution in [3.8, 4) is 0 Å². The summed E-state index contributed by atoms with van der Waals surface area (Å²) in [6, 6.07) is 0. The van der Waals surface area contributed by atoms with E-state index >= 15 is 0 Å². The summed E-state index contributed by atoms with van der Waals surface area (Å²) >= 11 is 1.78. The van der Waals surface area contributed by atoms with Crippen molar-refractivity contribution in [2.75, 3.05) is 31.6 Å². The van der Waals surface area contributed by atoms with Crippen LogP contribution >= 0.6 is 11.3 Å². The lowest BCUT2D eigenvalue weighted by molar-refractivity contribution is 0.0216. The van der Waals surface area contributed by atoms with Gasteiger partial charge in [-0.3, -0.25) is 0 Å². The first-order valence-corrected chi connectivity index (χ1v) is 8.09. The Kier molecular flexibility index (Phi) is 6.07. The molecule has 0 spiro atoms. The number of ether oxygens (including phenoxy) is 1. The van der Waals surface area contributed by atoms with Crippen molar-refractivity contribution in [2.45, 2.75) is 45.3 Å². The topological polar surface area (TPSA) is 37.4 Å². The minimum atomic E-state index is 0.379. The third-order valence-corrected chi connectivity index (χ3v) is 4.46. The van der Waals surface area contributed by atoms with Crippen molar-refractivity contribution in [3.05, 3.63) is 11.1 Å². The Bertz CT molecular complexity index is 363. The molecule has 1 unspecified atom stereocenters. The van der Waals surface area contributed by atoms with E-state index in [0.717, 1.165) is 31.4 Å². The number of nitrogens with one attached hydrogen (secondary N) is 1. The summed E-state index contributed by atoms with van der Waals surface area (Å²) in [4.78, 5) is 8.04. The average Bonchev–Trinajstić information content (AvgIpc) is 2.89. The van der Waals surface area contributed by atoms with Gasteiger partial charge in [0.25, 0.3) is 0 Å². The number of hydrogen-bond acceptors (Lipinski definition) is 5. The van der Waals surface area contributed by atoms with E-state index in [9.17, 15) is 0 Å². The number of aromatic nitrogens is 1. The number of nitrogens with zero attached hydrogens (tertiary/aromatic N) is 2. The molecule has 1 fully saturated rings. The molecule has 1 atom stereocenters. The van der Waals surface area contributed by atoms with Gasteiger partial charge in [-0.1, -0.05) is 6.92 Å². The highest BCUT2D eigenvalue weighted by atomic mass is 32.1. The lowest BCUT2D eigenvalue weighted by atomic mass is 10.1. The van der Waals surface area contributed by atoms with Gasteiger partial charge >= 0.3 is 0 Å². The lowest BCUT2D eigenvalue weighted by Gasteiger charge is -2.27. The predicted molar refractivity (Wildman–Crippen MR) is 81.0 cm³/mol. The zero-order valence-electron chi connectivity index (χ0n) is 12.0. The Balaban J connectivity index is 1.79. The fourth-order valence-electron chi connectivity index (χ4n) is 2.28. The Hall–Kier alpha value is -0.650. The van der Waals surface area contributed by atoms with Crippen LogP contribution in [0.15, 0.2) is 6.20 Å². The second kappa shape index (κ2) is 7.82. The Morgan fingerprint density at radius 2 is 2.42 bits per heavy atom. The molecule has 5 heteroatoms. The Morgan fingerprint density at radius 1 is 1.53 bits per heavy atom. The fourth-order valence-corrected chi connectivity index (χ4v) is 3.13. The number of rotatable bonds is 7. The highest BCUT2D eigenvalue weighted by Crippen LogP contribution is 2.23. The van der Waals surface area contributed by atoms with Crippen LogP contribution in [0.5, 0.6) is 0 Å². The van der Waals surface area contributed by atoms with Crippen molar-refractivity contribution in [3.63, 3.8) is 0 Å². The summed E-state index contributed by atoms with van der Waals surface area (Å²) in [5, 5.41) is 4.51. The van der Waals surface area contributed by atoms with E-state index in [4.69, 9.17) is 4.74 Å². The van der Waals surface area contributed by atoms with Crippen LogP contribution in [-0.2, 0) is 11.3 Å². The zero-order chi connectivity index (χ0) is 13.5. The maximum Gasteiger partial charge on any atom is 0.185 e. The largest absolute Gasteiger partial charge is 0.376 e. The van der Waals surface area contributed by atoms with Crippen LogP contribution in [-0.4, -0.2) is 37.8 Å². The molecule has 2 rings (SSSR count). The fraction of sp³-hybridized carbons (Fsp3) is 0.786. The zero-order valence-corrected chi connectivity index (χ0v) is 12.8. The predicted octanol–water partition coefficient (Wildman–Crippen LogP) is 2.65. The summed E-state index contributed by atoms with van der Waals surface area (Å²) in [7, 11) is 2.11. The highest BCUT2D eigenvalue weighted by Gasteiger charge is 2.17. The summed E-state index contributed by atoms with van der Waals surface area (Å²) in [6.07, 6.45) is 7.23. The number of anilines is 1. The summed E-state index contributed by atoms with van der Waals surface area (Å²) in [6.45, 7) is 6.05. The van der Waals surface area contributed by atoms with Crippen molar-refractivity contribution in [2.24, 2.45) is 0 Å². The maximum atomic E-state index is 5.78. The van der Waals surface area contributed by atoms with E-state index < -0.39 is 0 Å². The molecule has 1 N–H and O–H groups in total. The number of hydrogen-bond donors (Lipinski definition) is 1. The van der Waals surface area contributed by atoms with Gasteiger partial charge < -0.3 is 15.0 Å². The van der Waals surface area contributed by atoms with Crippen LogP contribution in [0, 0.1) is 0 Å². The minimum absolute atomic E-state index is 0.379. The van der Waals surface area contributed by atoms with Crippen molar-refractivity contribution in [1.82, 2.24) is 10.3 Å². The van der Waals surface area contributed by atoms with Gasteiger partial charge in [0.2, 0.25) is 0 Å². The van der Waals surface area contributed by atoms with Gasteiger partial charge in [-0.05, 0) is 32.2 Å². The Labute approximate surface area is 120 Å². The van der Waals surface area contributed by atoms with Crippen LogP contribution in [0.4, 0.5) is 5.13 Å². The van der Waals surface area contributed by atoms with Crippen LogP contribution in [0.3, 0.4) is 0 Å². The molecule has 0 amide bonds. The van der Waals surface area contributed by atoms with Gasteiger partial charge in [0.1, 0.15) is 0 Å². The van der Waals surface area contributed by atoms with E-state index in [2.05, 4.69) is 29.2 Å². The molecule has 0 aromatic carbocycles. The minimum Gasteiger partial charge on any atom is -0.376 e. The van der Waals surface area contributed by atoms with E-state index in [1.54, 1.807) is 11.3 Å². The third-order valence-electron chi connectivity index (χ3n) is 3.35. The van der Waals surface area contributed by atoms with E-state index in [1.165, 1.54) is 30.6 Å². The summed E-state index contributed by atoms with van der Waals surface area (Å²) in [5.74, 6) is 0. The second-order valence-electron chi connectivity index (χ2n) is 5.16. The number of likely N-dealkylation sites (N-methyl/N-ethyl adjacent to an activating group) is 1. The van der Waals surface area contributed by atoms with Gasteiger partial charge in [-0.25, -0.2) is 4.98 Å². The summed E-state index contributed by atoms with van der Waals surface area (Å²) < 4.78 is 5.78. The maximum absolute atomic E-state index is 5.78. The van der Waals surface area contributed by atoms with Gasteiger partial charge in [0.15, 0.2) is 5.13 Å². The van der Waals surface area contributed by atoms with Gasteiger partial charge in [-0.2, -0.15) is 0 Å². The number of thiazole rings is 1. The van der Waals surface area contributed by atoms with Crippen molar-refractivity contribution < 1.29 is 4.74 Å². The standard InChI is InChI=1S/C14H25N3OS/c1-3-7-15-9-13-10-16-14(19-13)17(2)11-12-6-4-5-8-18-12/h10,12,15H,3-9,11H2,1-2H3. The van der Waals surface area contributed by atoms with E-state index in [-0.39, 0.29) is 0 Å². The molecule has 0 saturated carbocycles. The summed E-state index contributed by atoms with van der Waals surface area (Å²) in [5.41, 5.74) is 0. The molecule has 1 aromatic heterocycles. The highest BCUT2D eigenvalue weighted by molar-refractivity contribution is 7.15. The molecular weight excluding hydrogens is 258 g/mol. The molecule has 4 nitrogen and oxygen atoms in total. The first-order valence-electron chi connectivity index (χ1n) is 7.27. The van der Waals surface area contributed by atoms with Crippen LogP contribution in [0.25, 0.3) is 0 Å². The van der Waals surface area contributed by atoms with E-state index in [1.807, 2.05) is 6.20 Å². The normalized spacial score (nSPS) is 19.6. The molecule has 108 valence electrons. The SMILES string of the molecule is CCCNCc1cnc(N(C)CC2CCCCO2)s1.